The van der Waals surface area contributed by atoms with E-state index in [-0.39, 0.29) is 0 Å². The Balaban J connectivity index is 2.74. The summed E-state index contributed by atoms with van der Waals surface area (Å²) in [6.45, 7) is 1.74. The molecular formula is C18H21NO3. The third kappa shape index (κ3) is 2.30. The molecule has 116 valence electrons. The molecule has 0 saturated carbocycles. The third-order valence-electron chi connectivity index (χ3n) is 4.23. The molecule has 4 heteroatoms. The van der Waals surface area contributed by atoms with Crippen molar-refractivity contribution in [2.45, 2.75) is 18.1 Å². The lowest BCUT2D eigenvalue weighted by atomic mass is 9.71. The van der Waals surface area contributed by atoms with Crippen LogP contribution in [0, 0.1) is 0 Å². The maximum Gasteiger partial charge on any atom is 0.233 e. The molecule has 2 aromatic carbocycles. The monoisotopic (exact) mass is 299 g/mol. The Bertz CT molecular complexity index is 623. The molecule has 0 aliphatic heterocycles. The van der Waals surface area contributed by atoms with E-state index in [0.717, 1.165) is 11.1 Å². The van der Waals surface area contributed by atoms with Crippen LogP contribution in [0.1, 0.15) is 18.1 Å². The SMILES string of the molecule is COC(OC)(c1ccccc1)C(C)(C(N)=O)c1ccccc1. The number of hydrogen-bond acceptors (Lipinski definition) is 3. The van der Waals surface area contributed by atoms with Crippen LogP contribution in [0.4, 0.5) is 0 Å². The largest absolute Gasteiger partial charge is 0.369 e. The highest BCUT2D eigenvalue weighted by atomic mass is 16.7. The lowest BCUT2D eigenvalue weighted by Gasteiger charge is -2.44. The van der Waals surface area contributed by atoms with E-state index >= 15 is 0 Å². The molecule has 0 fully saturated rings. The van der Waals surface area contributed by atoms with Crippen LogP contribution in [0.2, 0.25) is 0 Å². The van der Waals surface area contributed by atoms with Gasteiger partial charge in [-0.3, -0.25) is 4.79 Å². The molecule has 2 N–H and O–H groups in total. The second-order valence-electron chi connectivity index (χ2n) is 5.25. The van der Waals surface area contributed by atoms with E-state index in [4.69, 9.17) is 15.2 Å². The fourth-order valence-electron chi connectivity index (χ4n) is 2.94. The van der Waals surface area contributed by atoms with Crippen molar-refractivity contribution in [2.75, 3.05) is 14.2 Å². The van der Waals surface area contributed by atoms with Crippen LogP contribution >= 0.6 is 0 Å². The van der Waals surface area contributed by atoms with Gasteiger partial charge in [-0.05, 0) is 12.5 Å². The normalized spacial score (nSPS) is 14.3. The van der Waals surface area contributed by atoms with Crippen LogP contribution < -0.4 is 5.73 Å². The number of methoxy groups -OCH3 is 2. The first kappa shape index (κ1) is 16.2. The lowest BCUT2D eigenvalue weighted by Crippen LogP contribution is -2.57. The van der Waals surface area contributed by atoms with Crippen LogP contribution in [0.3, 0.4) is 0 Å². The van der Waals surface area contributed by atoms with Gasteiger partial charge >= 0.3 is 0 Å². The molecular weight excluding hydrogens is 278 g/mol. The second kappa shape index (κ2) is 6.30. The first-order valence-electron chi connectivity index (χ1n) is 7.04. The highest BCUT2D eigenvalue weighted by Gasteiger charge is 2.56. The van der Waals surface area contributed by atoms with Gasteiger partial charge in [-0.1, -0.05) is 60.7 Å². The van der Waals surface area contributed by atoms with E-state index in [2.05, 4.69) is 0 Å². The maximum atomic E-state index is 12.4. The maximum absolute atomic E-state index is 12.4. The van der Waals surface area contributed by atoms with Gasteiger partial charge in [0.25, 0.3) is 0 Å². The predicted molar refractivity (Wildman–Crippen MR) is 85.1 cm³/mol. The van der Waals surface area contributed by atoms with E-state index in [1.54, 1.807) is 6.92 Å². The Labute approximate surface area is 130 Å². The number of nitrogens with two attached hydrogens (primary N) is 1. The molecule has 0 saturated heterocycles. The standard InChI is InChI=1S/C18H21NO3/c1-17(16(19)20,14-10-6-4-7-11-14)18(21-2,22-3)15-12-8-5-9-13-15/h4-13H,1-3H3,(H2,19,20). The number of amides is 1. The van der Waals surface area contributed by atoms with Crippen molar-refractivity contribution in [1.29, 1.82) is 0 Å². The minimum absolute atomic E-state index is 0.522. The van der Waals surface area contributed by atoms with E-state index < -0.39 is 17.1 Å². The molecule has 4 nitrogen and oxygen atoms in total. The first-order chi connectivity index (χ1) is 10.5. The van der Waals surface area contributed by atoms with Crippen LogP contribution in [0.5, 0.6) is 0 Å². The molecule has 22 heavy (non-hydrogen) atoms. The van der Waals surface area contributed by atoms with E-state index in [9.17, 15) is 4.79 Å². The van der Waals surface area contributed by atoms with Crippen LogP contribution in [0.15, 0.2) is 60.7 Å². The number of ether oxygens (including phenoxy) is 2. The summed E-state index contributed by atoms with van der Waals surface area (Å²) < 4.78 is 11.5. The van der Waals surface area contributed by atoms with Gasteiger partial charge in [-0.25, -0.2) is 0 Å². The molecule has 0 aliphatic carbocycles. The molecule has 2 aromatic rings. The van der Waals surface area contributed by atoms with Crippen LogP contribution in [-0.4, -0.2) is 20.1 Å². The molecule has 0 heterocycles. The van der Waals surface area contributed by atoms with Crippen molar-refractivity contribution in [2.24, 2.45) is 5.73 Å². The summed E-state index contributed by atoms with van der Waals surface area (Å²) in [7, 11) is 3.03. The fraction of sp³-hybridized carbons (Fsp3) is 0.278. The van der Waals surface area contributed by atoms with Crippen molar-refractivity contribution in [3.05, 3.63) is 71.8 Å². The molecule has 1 unspecified atom stereocenters. The predicted octanol–water partition coefficient (Wildman–Crippen LogP) is 2.58. The minimum Gasteiger partial charge on any atom is -0.369 e. The third-order valence-corrected chi connectivity index (χ3v) is 4.23. The van der Waals surface area contributed by atoms with Crippen LogP contribution in [0.25, 0.3) is 0 Å². The Morgan fingerprint density at radius 1 is 0.864 bits per heavy atom. The summed E-state index contributed by atoms with van der Waals surface area (Å²) in [6, 6.07) is 18.6. The minimum atomic E-state index is -1.32. The van der Waals surface area contributed by atoms with Gasteiger partial charge in [-0.2, -0.15) is 0 Å². The number of hydrogen-bond donors (Lipinski definition) is 1. The van der Waals surface area contributed by atoms with Crippen molar-refractivity contribution in [1.82, 2.24) is 0 Å². The summed E-state index contributed by atoms with van der Waals surface area (Å²) in [5, 5.41) is 0. The first-order valence-corrected chi connectivity index (χ1v) is 7.04. The van der Waals surface area contributed by atoms with Crippen molar-refractivity contribution < 1.29 is 14.3 Å². The van der Waals surface area contributed by atoms with Crippen molar-refractivity contribution >= 4 is 5.91 Å². The molecule has 0 bridgehead atoms. The molecule has 0 aliphatic rings. The van der Waals surface area contributed by atoms with Crippen molar-refractivity contribution in [3.63, 3.8) is 0 Å². The molecule has 0 radical (unpaired) electrons. The Morgan fingerprint density at radius 2 is 1.27 bits per heavy atom. The average Bonchev–Trinajstić information content (AvgIpc) is 2.57. The highest BCUT2D eigenvalue weighted by molar-refractivity contribution is 5.88. The molecule has 0 spiro atoms. The summed E-state index contributed by atoms with van der Waals surface area (Å²) in [4.78, 5) is 12.4. The van der Waals surface area contributed by atoms with Gasteiger partial charge in [0.05, 0.1) is 0 Å². The van der Waals surface area contributed by atoms with Crippen LogP contribution in [-0.2, 0) is 25.5 Å². The zero-order valence-electron chi connectivity index (χ0n) is 13.1. The number of rotatable bonds is 6. The van der Waals surface area contributed by atoms with Gasteiger partial charge in [0.15, 0.2) is 0 Å². The number of primary amides is 1. The summed E-state index contributed by atoms with van der Waals surface area (Å²) >= 11 is 0. The summed E-state index contributed by atoms with van der Waals surface area (Å²) in [6.07, 6.45) is 0. The average molecular weight is 299 g/mol. The van der Waals surface area contributed by atoms with Gasteiger partial charge < -0.3 is 15.2 Å². The van der Waals surface area contributed by atoms with Gasteiger partial charge in [0.2, 0.25) is 11.7 Å². The van der Waals surface area contributed by atoms with E-state index in [1.807, 2.05) is 60.7 Å². The molecule has 1 atom stereocenters. The Morgan fingerprint density at radius 3 is 1.64 bits per heavy atom. The quantitative estimate of drug-likeness (QED) is 0.834. The second-order valence-corrected chi connectivity index (χ2v) is 5.25. The molecule has 0 aromatic heterocycles. The number of carbonyl (C=O) groups excluding carboxylic acids is 1. The van der Waals surface area contributed by atoms with Crippen molar-refractivity contribution in [3.8, 4) is 0 Å². The number of benzene rings is 2. The van der Waals surface area contributed by atoms with E-state index in [1.165, 1.54) is 14.2 Å². The summed E-state index contributed by atoms with van der Waals surface area (Å²) in [5.74, 6) is -1.84. The Kier molecular flexibility index (Phi) is 4.64. The lowest BCUT2D eigenvalue weighted by molar-refractivity contribution is -0.253. The fourth-order valence-corrected chi connectivity index (χ4v) is 2.94. The number of carbonyl (C=O) groups is 1. The zero-order valence-corrected chi connectivity index (χ0v) is 13.1. The van der Waals surface area contributed by atoms with Gasteiger partial charge in [-0.15, -0.1) is 0 Å². The van der Waals surface area contributed by atoms with Gasteiger partial charge in [0, 0.05) is 19.8 Å². The van der Waals surface area contributed by atoms with E-state index in [0.29, 0.717) is 0 Å². The smallest absolute Gasteiger partial charge is 0.233 e. The zero-order chi connectivity index (χ0) is 16.2. The topological polar surface area (TPSA) is 61.6 Å². The molecule has 1 amide bonds. The highest BCUT2D eigenvalue weighted by Crippen LogP contribution is 2.45. The molecule has 2 rings (SSSR count). The van der Waals surface area contributed by atoms with Gasteiger partial charge in [0.1, 0.15) is 5.41 Å². The Hall–Kier alpha value is -2.17. The summed E-state index contributed by atoms with van der Waals surface area (Å²) in [5.41, 5.74) is 6.04.